The lowest BCUT2D eigenvalue weighted by atomic mass is 9.95. The van der Waals surface area contributed by atoms with E-state index >= 15 is 0 Å². The van der Waals surface area contributed by atoms with E-state index < -0.39 is 17.7 Å². The number of aliphatic hydroxyl groups is 1. The Hall–Kier alpha value is -4.09. The molecule has 0 radical (unpaired) electrons. The normalized spacial score (nSPS) is 16.5. The maximum Gasteiger partial charge on any atom is 0.301 e. The number of rotatable bonds is 8. The molecule has 1 aliphatic rings. The third-order valence-electron chi connectivity index (χ3n) is 6.42. The quantitative estimate of drug-likeness (QED) is 0.135. The van der Waals surface area contributed by atoms with Crippen molar-refractivity contribution in [1.29, 1.82) is 0 Å². The maximum absolute atomic E-state index is 13.6. The number of aliphatic hydroxyl groups excluding tert-OH is 1. The SMILES string of the molecule is CCCOc1ccc(C(O)=C2C(=O)C(=O)N(c3nc4ccc(OC)cc4s3)C2c2cc(Br)c(O)c(OC)c2)cc1. The van der Waals surface area contributed by atoms with Crippen LogP contribution in [0.3, 0.4) is 0 Å². The number of ketones is 1. The Labute approximate surface area is 242 Å². The Bertz CT molecular complexity index is 1650. The Balaban J connectivity index is 1.70. The first kappa shape index (κ1) is 27.5. The van der Waals surface area contributed by atoms with Crippen molar-refractivity contribution in [2.45, 2.75) is 19.4 Å². The largest absolute Gasteiger partial charge is 0.507 e. The molecule has 9 nitrogen and oxygen atoms in total. The van der Waals surface area contributed by atoms with Gasteiger partial charge in [-0.25, -0.2) is 4.98 Å². The Morgan fingerprint density at radius 3 is 2.45 bits per heavy atom. The molecule has 0 spiro atoms. The second-order valence-corrected chi connectivity index (χ2v) is 10.8. The van der Waals surface area contributed by atoms with E-state index in [1.807, 2.05) is 6.92 Å². The number of nitrogens with zero attached hydrogens (tertiary/aromatic N) is 2. The van der Waals surface area contributed by atoms with Crippen LogP contribution in [0.5, 0.6) is 23.0 Å². The lowest BCUT2D eigenvalue weighted by Gasteiger charge is -2.24. The molecule has 40 heavy (non-hydrogen) atoms. The molecule has 1 fully saturated rings. The number of methoxy groups -OCH3 is 2. The van der Waals surface area contributed by atoms with Gasteiger partial charge < -0.3 is 24.4 Å². The number of phenolic OH excluding ortho intramolecular Hbond substituents is 1. The van der Waals surface area contributed by atoms with E-state index in [0.29, 0.717) is 39.2 Å². The number of carbonyl (C=O) groups excluding carboxylic acids is 2. The van der Waals surface area contributed by atoms with Crippen molar-refractivity contribution >= 4 is 60.1 Å². The number of aromatic nitrogens is 1. The minimum absolute atomic E-state index is 0.122. The average Bonchev–Trinajstić information content (AvgIpc) is 3.50. The molecule has 2 N–H and O–H groups in total. The molecule has 1 unspecified atom stereocenters. The maximum atomic E-state index is 13.6. The van der Waals surface area contributed by atoms with Crippen LogP contribution in [0.1, 0.15) is 30.5 Å². The van der Waals surface area contributed by atoms with Crippen molar-refractivity contribution in [1.82, 2.24) is 4.98 Å². The van der Waals surface area contributed by atoms with Gasteiger partial charge in [0, 0.05) is 5.56 Å². The number of Topliss-reactive ketones (excluding diaryl/α,β-unsaturated/α-hetero) is 1. The molecule has 3 aromatic carbocycles. The fraction of sp³-hybridized carbons (Fsp3) is 0.207. The molecule has 0 aliphatic carbocycles. The smallest absolute Gasteiger partial charge is 0.301 e. The summed E-state index contributed by atoms with van der Waals surface area (Å²) >= 11 is 4.54. The molecular formula is C29H25BrN2O7S. The first-order valence-corrected chi connectivity index (χ1v) is 13.9. The fourth-order valence-corrected chi connectivity index (χ4v) is 5.94. The van der Waals surface area contributed by atoms with E-state index in [-0.39, 0.29) is 28.0 Å². The molecule has 1 saturated heterocycles. The molecule has 2 heterocycles. The summed E-state index contributed by atoms with van der Waals surface area (Å²) in [6, 6.07) is 14.0. The molecule has 0 bridgehead atoms. The first-order valence-electron chi connectivity index (χ1n) is 12.3. The van der Waals surface area contributed by atoms with Crippen LogP contribution in [0.2, 0.25) is 0 Å². The van der Waals surface area contributed by atoms with Crippen molar-refractivity contribution in [2.75, 3.05) is 25.7 Å². The summed E-state index contributed by atoms with van der Waals surface area (Å²) < 4.78 is 17.3. The number of hydrogen-bond donors (Lipinski definition) is 2. The van der Waals surface area contributed by atoms with Gasteiger partial charge in [0.1, 0.15) is 17.3 Å². The lowest BCUT2D eigenvalue weighted by molar-refractivity contribution is -0.132. The van der Waals surface area contributed by atoms with Crippen LogP contribution in [-0.2, 0) is 9.59 Å². The highest BCUT2D eigenvalue weighted by Gasteiger charge is 2.48. The zero-order chi connectivity index (χ0) is 28.6. The van der Waals surface area contributed by atoms with Crippen LogP contribution in [-0.4, -0.2) is 47.7 Å². The molecule has 1 aromatic heterocycles. The monoisotopic (exact) mass is 624 g/mol. The van der Waals surface area contributed by atoms with E-state index in [9.17, 15) is 19.8 Å². The lowest BCUT2D eigenvalue weighted by Crippen LogP contribution is -2.29. The standard InChI is InChI=1S/C29H25BrN2O7S/c1-4-11-39-17-7-5-15(6-8-17)25(33)23-24(16-12-19(30)26(34)21(13-16)38-3)32(28(36)27(23)35)29-31-20-10-9-18(37-2)14-22(20)40-29/h5-10,12-14,24,33-34H,4,11H2,1-3H3. The van der Waals surface area contributed by atoms with Gasteiger partial charge in [-0.1, -0.05) is 18.3 Å². The van der Waals surface area contributed by atoms with Crippen molar-refractivity contribution < 1.29 is 34.0 Å². The highest BCUT2D eigenvalue weighted by Crippen LogP contribution is 2.47. The average molecular weight is 625 g/mol. The number of phenols is 1. The van der Waals surface area contributed by atoms with Crippen molar-refractivity contribution in [3.05, 3.63) is 75.8 Å². The number of anilines is 1. The molecule has 4 aromatic rings. The third kappa shape index (κ3) is 4.86. The van der Waals surface area contributed by atoms with Crippen LogP contribution in [0.15, 0.2) is 64.6 Å². The molecule has 0 saturated carbocycles. The minimum atomic E-state index is -1.07. The second kappa shape index (κ2) is 11.2. The molecule has 1 aliphatic heterocycles. The Kier molecular flexibility index (Phi) is 7.68. The van der Waals surface area contributed by atoms with E-state index in [2.05, 4.69) is 20.9 Å². The number of benzene rings is 3. The highest BCUT2D eigenvalue weighted by atomic mass is 79.9. The van der Waals surface area contributed by atoms with Crippen molar-refractivity contribution in [3.63, 3.8) is 0 Å². The van der Waals surface area contributed by atoms with Gasteiger partial charge in [0.25, 0.3) is 5.78 Å². The summed E-state index contributed by atoms with van der Waals surface area (Å²) in [7, 11) is 2.95. The summed E-state index contributed by atoms with van der Waals surface area (Å²) in [5.74, 6) is -0.831. The number of aromatic hydroxyl groups is 1. The van der Waals surface area contributed by atoms with Gasteiger partial charge in [-0.3, -0.25) is 14.5 Å². The van der Waals surface area contributed by atoms with Gasteiger partial charge in [-0.15, -0.1) is 0 Å². The van der Waals surface area contributed by atoms with Crippen LogP contribution in [0.4, 0.5) is 5.13 Å². The molecule has 1 atom stereocenters. The van der Waals surface area contributed by atoms with Crippen LogP contribution in [0, 0.1) is 0 Å². The summed E-state index contributed by atoms with van der Waals surface area (Å²) in [5, 5.41) is 22.1. The van der Waals surface area contributed by atoms with E-state index in [0.717, 1.165) is 11.1 Å². The molecule has 5 rings (SSSR count). The number of hydrogen-bond acceptors (Lipinski definition) is 9. The molecule has 1 amide bonds. The van der Waals surface area contributed by atoms with Gasteiger partial charge in [0.2, 0.25) is 0 Å². The number of thiazole rings is 1. The summed E-state index contributed by atoms with van der Waals surface area (Å²) in [4.78, 5) is 33.0. The summed E-state index contributed by atoms with van der Waals surface area (Å²) in [6.45, 7) is 2.54. The number of amides is 1. The van der Waals surface area contributed by atoms with Crippen LogP contribution < -0.4 is 19.1 Å². The number of halogens is 1. The molecule has 11 heteroatoms. The first-order chi connectivity index (χ1) is 19.3. The van der Waals surface area contributed by atoms with E-state index in [1.54, 1.807) is 55.6 Å². The Morgan fingerprint density at radius 2 is 1.77 bits per heavy atom. The number of fused-ring (bicyclic) bond motifs is 1. The van der Waals surface area contributed by atoms with Gasteiger partial charge in [0.15, 0.2) is 16.6 Å². The van der Waals surface area contributed by atoms with Crippen LogP contribution >= 0.6 is 27.3 Å². The molecule has 206 valence electrons. The van der Waals surface area contributed by atoms with E-state index in [1.165, 1.54) is 29.4 Å². The van der Waals surface area contributed by atoms with Gasteiger partial charge in [-0.2, -0.15) is 0 Å². The van der Waals surface area contributed by atoms with Gasteiger partial charge in [-0.05, 0) is 82.5 Å². The van der Waals surface area contributed by atoms with Gasteiger partial charge >= 0.3 is 5.91 Å². The van der Waals surface area contributed by atoms with Gasteiger partial charge in [0.05, 0.1) is 47.1 Å². The fourth-order valence-electron chi connectivity index (χ4n) is 4.46. The third-order valence-corrected chi connectivity index (χ3v) is 8.04. The van der Waals surface area contributed by atoms with Crippen molar-refractivity contribution in [2.24, 2.45) is 0 Å². The highest BCUT2D eigenvalue weighted by molar-refractivity contribution is 9.10. The second-order valence-electron chi connectivity index (χ2n) is 8.93. The van der Waals surface area contributed by atoms with E-state index in [4.69, 9.17) is 14.2 Å². The predicted molar refractivity (Wildman–Crippen MR) is 156 cm³/mol. The minimum Gasteiger partial charge on any atom is -0.507 e. The molecular weight excluding hydrogens is 600 g/mol. The zero-order valence-electron chi connectivity index (χ0n) is 21.8. The topological polar surface area (TPSA) is 118 Å². The summed E-state index contributed by atoms with van der Waals surface area (Å²) in [6.07, 6.45) is 0.843. The van der Waals surface area contributed by atoms with Crippen molar-refractivity contribution in [3.8, 4) is 23.0 Å². The predicted octanol–water partition coefficient (Wildman–Crippen LogP) is 6.20. The number of ether oxygens (including phenoxy) is 3. The Morgan fingerprint density at radius 1 is 1.05 bits per heavy atom. The van der Waals surface area contributed by atoms with Crippen LogP contribution in [0.25, 0.3) is 16.0 Å². The summed E-state index contributed by atoms with van der Waals surface area (Å²) in [5.41, 5.74) is 1.25. The number of carbonyl (C=O) groups is 2. The zero-order valence-corrected chi connectivity index (χ0v) is 24.2.